The lowest BCUT2D eigenvalue weighted by molar-refractivity contribution is -0.116. The molecule has 1 aliphatic heterocycles. The molecule has 0 aliphatic carbocycles. The number of fused-ring (bicyclic) bond motifs is 1. The van der Waals surface area contributed by atoms with Crippen molar-refractivity contribution in [1.29, 1.82) is 0 Å². The van der Waals surface area contributed by atoms with Gasteiger partial charge < -0.3 is 15.2 Å². The predicted octanol–water partition coefficient (Wildman–Crippen LogP) is 4.74. The number of benzene rings is 2. The maximum absolute atomic E-state index is 13.8. The first-order valence-corrected chi connectivity index (χ1v) is 9.91. The highest BCUT2D eigenvalue weighted by atomic mass is 32.1. The summed E-state index contributed by atoms with van der Waals surface area (Å²) in [5, 5.41) is 12.6. The summed E-state index contributed by atoms with van der Waals surface area (Å²) in [6, 6.07) is 12.9. The Kier molecular flexibility index (Phi) is 5.25. The summed E-state index contributed by atoms with van der Waals surface area (Å²) < 4.78 is 19.2. The number of carbonyl (C=O) groups is 2. The van der Waals surface area contributed by atoms with Crippen LogP contribution in [-0.2, 0) is 4.79 Å². The number of hydrogen-bond acceptors (Lipinski definition) is 4. The van der Waals surface area contributed by atoms with E-state index >= 15 is 0 Å². The van der Waals surface area contributed by atoms with E-state index in [1.807, 2.05) is 12.1 Å². The van der Waals surface area contributed by atoms with Crippen molar-refractivity contribution in [3.8, 4) is 29.2 Å². The van der Waals surface area contributed by atoms with E-state index in [4.69, 9.17) is 11.2 Å². The van der Waals surface area contributed by atoms with Gasteiger partial charge in [0.15, 0.2) is 0 Å². The SMILES string of the molecule is C#CCOc1ccc(C2CC(=O)Nc3c2sc(C(=O)O)c3-c2cccc(F)c2)cc1. The zero-order chi connectivity index (χ0) is 21.3. The van der Waals surface area contributed by atoms with Crippen LogP contribution < -0.4 is 10.1 Å². The third-order valence-corrected chi connectivity index (χ3v) is 6.11. The molecule has 0 radical (unpaired) electrons. The molecule has 150 valence electrons. The van der Waals surface area contributed by atoms with Crippen molar-refractivity contribution >= 4 is 28.9 Å². The van der Waals surface area contributed by atoms with E-state index in [-0.39, 0.29) is 29.7 Å². The Morgan fingerprint density at radius 1 is 1.30 bits per heavy atom. The molecule has 0 spiro atoms. The molecule has 1 unspecified atom stereocenters. The summed E-state index contributed by atoms with van der Waals surface area (Å²) in [7, 11) is 0. The number of amides is 1. The lowest BCUT2D eigenvalue weighted by Gasteiger charge is -2.24. The molecule has 3 aromatic rings. The maximum Gasteiger partial charge on any atom is 0.346 e. The average molecular weight is 421 g/mol. The van der Waals surface area contributed by atoms with Gasteiger partial charge in [0.2, 0.25) is 5.91 Å². The van der Waals surface area contributed by atoms with Gasteiger partial charge in [0.1, 0.15) is 23.1 Å². The Balaban J connectivity index is 1.82. The summed E-state index contributed by atoms with van der Waals surface area (Å²) in [6.45, 7) is 0.152. The Morgan fingerprint density at radius 3 is 2.73 bits per heavy atom. The van der Waals surface area contributed by atoms with Crippen LogP contribution in [0.5, 0.6) is 5.75 Å². The van der Waals surface area contributed by atoms with Crippen molar-refractivity contribution in [2.45, 2.75) is 12.3 Å². The molecule has 0 bridgehead atoms. The van der Waals surface area contributed by atoms with Crippen LogP contribution in [0, 0.1) is 18.2 Å². The summed E-state index contributed by atoms with van der Waals surface area (Å²) in [6.07, 6.45) is 5.38. The van der Waals surface area contributed by atoms with Gasteiger partial charge in [-0.05, 0) is 35.4 Å². The Morgan fingerprint density at radius 2 is 2.07 bits per heavy atom. The van der Waals surface area contributed by atoms with E-state index in [9.17, 15) is 19.1 Å². The molecule has 1 atom stereocenters. The van der Waals surface area contributed by atoms with Crippen LogP contribution in [0.15, 0.2) is 48.5 Å². The first kappa shape index (κ1) is 19.7. The molecule has 1 amide bonds. The molecule has 0 fully saturated rings. The van der Waals surface area contributed by atoms with Crippen molar-refractivity contribution in [3.63, 3.8) is 0 Å². The number of rotatable bonds is 5. The maximum atomic E-state index is 13.8. The standard InChI is InChI=1S/C23H16FNO4S/c1-2-10-29-16-8-6-13(7-9-16)17-12-18(26)25-20-19(14-4-3-5-15(24)11-14)22(23(27)28)30-21(17)20/h1,3-9,11,17H,10,12H2,(H,25,26)(H,27,28). The monoisotopic (exact) mass is 421 g/mol. The first-order valence-electron chi connectivity index (χ1n) is 9.10. The first-order chi connectivity index (χ1) is 14.5. The summed E-state index contributed by atoms with van der Waals surface area (Å²) in [5.41, 5.74) is 2.01. The van der Waals surface area contributed by atoms with Crippen molar-refractivity contribution in [2.24, 2.45) is 0 Å². The second-order valence-corrected chi connectivity index (χ2v) is 7.78. The number of ether oxygens (including phenoxy) is 1. The number of carboxylic acids is 1. The molecule has 5 nitrogen and oxygen atoms in total. The van der Waals surface area contributed by atoms with E-state index in [1.165, 1.54) is 18.2 Å². The number of halogens is 1. The smallest absolute Gasteiger partial charge is 0.346 e. The molecule has 0 saturated carbocycles. The topological polar surface area (TPSA) is 75.6 Å². The second kappa shape index (κ2) is 8.01. The van der Waals surface area contributed by atoms with Gasteiger partial charge in [-0.25, -0.2) is 9.18 Å². The van der Waals surface area contributed by atoms with E-state index in [1.54, 1.807) is 18.2 Å². The number of terminal acetylenes is 1. The van der Waals surface area contributed by atoms with E-state index in [0.717, 1.165) is 21.8 Å². The molecule has 2 N–H and O–H groups in total. The van der Waals surface area contributed by atoms with Crippen molar-refractivity contribution in [2.75, 3.05) is 11.9 Å². The minimum absolute atomic E-state index is 0.0618. The average Bonchev–Trinajstić information content (AvgIpc) is 3.11. The van der Waals surface area contributed by atoms with E-state index in [2.05, 4.69) is 11.2 Å². The Labute approximate surface area is 176 Å². The molecule has 7 heteroatoms. The van der Waals surface area contributed by atoms with Crippen LogP contribution in [0.3, 0.4) is 0 Å². The van der Waals surface area contributed by atoms with Crippen molar-refractivity contribution < 1.29 is 23.8 Å². The number of thiophene rings is 1. The van der Waals surface area contributed by atoms with Gasteiger partial charge in [-0.2, -0.15) is 0 Å². The van der Waals surface area contributed by atoms with E-state index < -0.39 is 11.8 Å². The number of anilines is 1. The van der Waals surface area contributed by atoms with Crippen LogP contribution in [-0.4, -0.2) is 23.6 Å². The third-order valence-electron chi connectivity index (χ3n) is 4.82. The van der Waals surface area contributed by atoms with Crippen LogP contribution in [0.4, 0.5) is 10.1 Å². The lowest BCUT2D eigenvalue weighted by Crippen LogP contribution is -2.22. The lowest BCUT2D eigenvalue weighted by atomic mass is 9.88. The quantitative estimate of drug-likeness (QED) is 0.584. The van der Waals surface area contributed by atoms with E-state index in [0.29, 0.717) is 22.6 Å². The minimum atomic E-state index is -1.13. The zero-order valence-electron chi connectivity index (χ0n) is 15.6. The van der Waals surface area contributed by atoms with Gasteiger partial charge >= 0.3 is 5.97 Å². The van der Waals surface area contributed by atoms with Gasteiger partial charge in [-0.3, -0.25) is 4.79 Å². The molecular formula is C23H16FNO4S. The summed E-state index contributed by atoms with van der Waals surface area (Å²) in [4.78, 5) is 25.2. The molecule has 30 heavy (non-hydrogen) atoms. The van der Waals surface area contributed by atoms with Gasteiger partial charge in [0.25, 0.3) is 0 Å². The number of nitrogens with one attached hydrogen (secondary N) is 1. The number of carboxylic acid groups (broad SMARTS) is 1. The van der Waals surface area contributed by atoms with Gasteiger partial charge in [0.05, 0.1) is 5.69 Å². The predicted molar refractivity (Wildman–Crippen MR) is 113 cm³/mol. The molecule has 4 rings (SSSR count). The van der Waals surface area contributed by atoms with Crippen LogP contribution in [0.1, 0.15) is 32.5 Å². The zero-order valence-corrected chi connectivity index (χ0v) is 16.5. The number of aromatic carboxylic acids is 1. The highest BCUT2D eigenvalue weighted by molar-refractivity contribution is 7.15. The summed E-state index contributed by atoms with van der Waals surface area (Å²) >= 11 is 1.10. The van der Waals surface area contributed by atoms with Gasteiger partial charge in [0, 0.05) is 22.8 Å². The van der Waals surface area contributed by atoms with Crippen molar-refractivity contribution in [3.05, 3.63) is 69.7 Å². The third kappa shape index (κ3) is 3.65. The largest absolute Gasteiger partial charge is 0.481 e. The highest BCUT2D eigenvalue weighted by Crippen LogP contribution is 2.49. The molecule has 2 aromatic carbocycles. The van der Waals surface area contributed by atoms with Gasteiger partial charge in [-0.15, -0.1) is 17.8 Å². The molecule has 1 aromatic heterocycles. The van der Waals surface area contributed by atoms with Crippen LogP contribution in [0.2, 0.25) is 0 Å². The number of hydrogen-bond donors (Lipinski definition) is 2. The molecule has 0 saturated heterocycles. The second-order valence-electron chi connectivity index (χ2n) is 6.73. The minimum Gasteiger partial charge on any atom is -0.481 e. The van der Waals surface area contributed by atoms with Crippen LogP contribution in [0.25, 0.3) is 11.1 Å². The number of carbonyl (C=O) groups excluding carboxylic acids is 1. The fraction of sp³-hybridized carbons (Fsp3) is 0.130. The highest BCUT2D eigenvalue weighted by Gasteiger charge is 2.34. The molecule has 2 heterocycles. The summed E-state index contributed by atoms with van der Waals surface area (Å²) in [5.74, 6) is 0.848. The fourth-order valence-corrected chi connectivity index (χ4v) is 4.79. The molecule has 1 aliphatic rings. The van der Waals surface area contributed by atoms with Gasteiger partial charge in [-0.1, -0.05) is 30.2 Å². The molecular weight excluding hydrogens is 405 g/mol. The Hall–Kier alpha value is -3.63. The normalized spacial score (nSPS) is 15.1. The Bertz CT molecular complexity index is 1180. The van der Waals surface area contributed by atoms with Crippen LogP contribution >= 0.6 is 11.3 Å². The van der Waals surface area contributed by atoms with Crippen molar-refractivity contribution in [1.82, 2.24) is 0 Å². The fourth-order valence-electron chi connectivity index (χ4n) is 3.55.